The molecule has 0 spiro atoms. The zero-order valence-electron chi connectivity index (χ0n) is 16.5. The third-order valence-corrected chi connectivity index (χ3v) is 4.87. The third-order valence-electron chi connectivity index (χ3n) is 4.87. The van der Waals surface area contributed by atoms with Crippen molar-refractivity contribution in [1.29, 1.82) is 0 Å². The first-order valence-electron chi connectivity index (χ1n) is 9.54. The SMILES string of the molecule is Cc1ccc(N(N)c2cccc3cc(C(=O)NCc4cccc(F)c4)cnc23)cc1. The van der Waals surface area contributed by atoms with Crippen LogP contribution in [0, 0.1) is 12.7 Å². The molecule has 3 N–H and O–H groups in total. The van der Waals surface area contributed by atoms with Crippen LogP contribution in [-0.2, 0) is 6.54 Å². The minimum Gasteiger partial charge on any atom is -0.348 e. The summed E-state index contributed by atoms with van der Waals surface area (Å²) in [4.78, 5) is 17.0. The zero-order valence-corrected chi connectivity index (χ0v) is 16.5. The molecule has 0 aliphatic heterocycles. The summed E-state index contributed by atoms with van der Waals surface area (Å²) < 4.78 is 13.3. The zero-order chi connectivity index (χ0) is 21.1. The number of hydrogen-bond acceptors (Lipinski definition) is 4. The van der Waals surface area contributed by atoms with Crippen molar-refractivity contribution >= 4 is 28.2 Å². The van der Waals surface area contributed by atoms with Crippen LogP contribution >= 0.6 is 0 Å². The molecule has 0 atom stereocenters. The Balaban J connectivity index is 1.57. The van der Waals surface area contributed by atoms with Crippen LogP contribution in [0.2, 0.25) is 0 Å². The smallest absolute Gasteiger partial charge is 0.253 e. The largest absolute Gasteiger partial charge is 0.348 e. The van der Waals surface area contributed by atoms with E-state index in [1.54, 1.807) is 23.2 Å². The Hall–Kier alpha value is -3.77. The van der Waals surface area contributed by atoms with Gasteiger partial charge in [-0.1, -0.05) is 42.0 Å². The van der Waals surface area contributed by atoms with Gasteiger partial charge in [-0.05, 0) is 48.9 Å². The molecule has 30 heavy (non-hydrogen) atoms. The number of aryl methyl sites for hydroxylation is 1. The number of amides is 1. The summed E-state index contributed by atoms with van der Waals surface area (Å²) in [5.41, 5.74) is 4.54. The fourth-order valence-electron chi connectivity index (χ4n) is 3.24. The average Bonchev–Trinajstić information content (AvgIpc) is 2.77. The number of carbonyl (C=O) groups is 1. The predicted octanol–water partition coefficient (Wildman–Crippen LogP) is 4.62. The first-order valence-corrected chi connectivity index (χ1v) is 9.54. The van der Waals surface area contributed by atoms with Crippen molar-refractivity contribution in [1.82, 2.24) is 10.3 Å². The van der Waals surface area contributed by atoms with Gasteiger partial charge in [0.25, 0.3) is 5.91 Å². The monoisotopic (exact) mass is 400 g/mol. The first-order chi connectivity index (χ1) is 14.5. The van der Waals surface area contributed by atoms with Gasteiger partial charge in [0.2, 0.25) is 0 Å². The summed E-state index contributed by atoms with van der Waals surface area (Å²) >= 11 is 0. The second kappa shape index (κ2) is 8.31. The van der Waals surface area contributed by atoms with Crippen LogP contribution in [0.25, 0.3) is 10.9 Å². The molecule has 0 fully saturated rings. The van der Waals surface area contributed by atoms with Crippen LogP contribution < -0.4 is 16.2 Å². The highest BCUT2D eigenvalue weighted by Gasteiger charge is 2.13. The molecule has 0 bridgehead atoms. The number of nitrogens with one attached hydrogen (secondary N) is 1. The fourth-order valence-corrected chi connectivity index (χ4v) is 3.24. The van der Waals surface area contributed by atoms with Crippen LogP contribution in [0.5, 0.6) is 0 Å². The van der Waals surface area contributed by atoms with E-state index in [1.807, 2.05) is 49.4 Å². The van der Waals surface area contributed by atoms with Crippen LogP contribution in [0.3, 0.4) is 0 Å². The number of halogens is 1. The topological polar surface area (TPSA) is 71.2 Å². The molecule has 150 valence electrons. The van der Waals surface area contributed by atoms with E-state index in [1.165, 1.54) is 18.3 Å². The van der Waals surface area contributed by atoms with E-state index in [9.17, 15) is 9.18 Å². The molecule has 0 aliphatic carbocycles. The predicted molar refractivity (Wildman–Crippen MR) is 117 cm³/mol. The summed E-state index contributed by atoms with van der Waals surface area (Å²) in [5.74, 6) is 5.73. The second-order valence-corrected chi connectivity index (χ2v) is 7.09. The van der Waals surface area contributed by atoms with E-state index >= 15 is 0 Å². The maximum absolute atomic E-state index is 13.3. The molecule has 1 amide bonds. The maximum Gasteiger partial charge on any atom is 0.253 e. The van der Waals surface area contributed by atoms with Crippen LogP contribution in [-0.4, -0.2) is 10.9 Å². The number of fused-ring (bicyclic) bond motifs is 1. The number of pyridine rings is 1. The van der Waals surface area contributed by atoms with Gasteiger partial charge in [0, 0.05) is 18.1 Å². The number of para-hydroxylation sites is 1. The van der Waals surface area contributed by atoms with Crippen molar-refractivity contribution in [3.8, 4) is 0 Å². The summed E-state index contributed by atoms with van der Waals surface area (Å²) in [6.07, 6.45) is 1.52. The van der Waals surface area contributed by atoms with Gasteiger partial charge in [0.05, 0.1) is 22.5 Å². The molecule has 0 saturated heterocycles. The molecule has 4 aromatic rings. The highest BCUT2D eigenvalue weighted by Crippen LogP contribution is 2.29. The molecule has 0 unspecified atom stereocenters. The molecule has 3 aromatic carbocycles. The maximum atomic E-state index is 13.3. The van der Waals surface area contributed by atoms with Crippen molar-refractivity contribution in [2.45, 2.75) is 13.5 Å². The van der Waals surface area contributed by atoms with Crippen molar-refractivity contribution in [2.75, 3.05) is 5.01 Å². The number of nitrogens with zero attached hydrogens (tertiary/aromatic N) is 2. The molecule has 6 heteroatoms. The number of carbonyl (C=O) groups excluding carboxylic acids is 1. The number of nitrogens with two attached hydrogens (primary N) is 1. The highest BCUT2D eigenvalue weighted by atomic mass is 19.1. The van der Waals surface area contributed by atoms with E-state index in [2.05, 4.69) is 10.3 Å². The molecular weight excluding hydrogens is 379 g/mol. The van der Waals surface area contributed by atoms with Gasteiger partial charge >= 0.3 is 0 Å². The molecule has 0 saturated carbocycles. The number of anilines is 2. The van der Waals surface area contributed by atoms with E-state index < -0.39 is 0 Å². The first kappa shape index (κ1) is 19.5. The van der Waals surface area contributed by atoms with Gasteiger partial charge in [-0.3, -0.25) is 14.8 Å². The van der Waals surface area contributed by atoms with Gasteiger partial charge in [-0.25, -0.2) is 10.2 Å². The van der Waals surface area contributed by atoms with Gasteiger partial charge in [0.1, 0.15) is 5.82 Å². The molecule has 5 nitrogen and oxygen atoms in total. The van der Waals surface area contributed by atoms with E-state index in [0.29, 0.717) is 16.6 Å². The Morgan fingerprint density at radius 2 is 1.83 bits per heavy atom. The van der Waals surface area contributed by atoms with Crippen molar-refractivity contribution in [3.05, 3.63) is 102 Å². The van der Waals surface area contributed by atoms with Gasteiger partial charge in [-0.15, -0.1) is 0 Å². The number of rotatable bonds is 5. The Morgan fingerprint density at radius 1 is 1.07 bits per heavy atom. The standard InChI is InChI=1S/C24H21FN4O/c1-16-8-10-21(11-9-16)29(26)22-7-3-5-18-13-19(15-27-23(18)22)24(30)28-14-17-4-2-6-20(25)12-17/h2-13,15H,14,26H2,1H3,(H,28,30). The number of hydrazine groups is 1. The Labute approximate surface area is 173 Å². The quantitative estimate of drug-likeness (QED) is 0.379. The minimum atomic E-state index is -0.332. The molecule has 0 aliphatic rings. The lowest BCUT2D eigenvalue weighted by molar-refractivity contribution is 0.0950. The molecule has 4 rings (SSSR count). The Morgan fingerprint density at radius 3 is 2.60 bits per heavy atom. The van der Waals surface area contributed by atoms with Gasteiger partial charge in [-0.2, -0.15) is 0 Å². The molecule has 0 radical (unpaired) electrons. The summed E-state index contributed by atoms with van der Waals surface area (Å²) in [6.45, 7) is 2.25. The van der Waals surface area contributed by atoms with Crippen LogP contribution in [0.15, 0.2) is 79.0 Å². The Kier molecular flexibility index (Phi) is 5.41. The summed E-state index contributed by atoms with van der Waals surface area (Å²) in [7, 11) is 0. The van der Waals surface area contributed by atoms with Gasteiger partial charge < -0.3 is 5.32 Å². The average molecular weight is 400 g/mol. The number of aromatic nitrogens is 1. The lowest BCUT2D eigenvalue weighted by Crippen LogP contribution is -2.25. The lowest BCUT2D eigenvalue weighted by Gasteiger charge is -2.20. The van der Waals surface area contributed by atoms with Gasteiger partial charge in [0.15, 0.2) is 0 Å². The highest BCUT2D eigenvalue weighted by molar-refractivity contribution is 6.00. The summed E-state index contributed by atoms with van der Waals surface area (Å²) in [5, 5.41) is 5.18. The van der Waals surface area contributed by atoms with E-state index in [4.69, 9.17) is 5.84 Å². The van der Waals surface area contributed by atoms with Crippen LogP contribution in [0.1, 0.15) is 21.5 Å². The van der Waals surface area contributed by atoms with Crippen molar-refractivity contribution in [2.24, 2.45) is 5.84 Å². The number of hydrogen-bond donors (Lipinski definition) is 2. The third kappa shape index (κ3) is 4.14. The normalized spacial score (nSPS) is 10.8. The van der Waals surface area contributed by atoms with Crippen molar-refractivity contribution < 1.29 is 9.18 Å². The van der Waals surface area contributed by atoms with E-state index in [0.717, 1.165) is 22.3 Å². The second-order valence-electron chi connectivity index (χ2n) is 7.09. The molecule has 1 aromatic heterocycles. The molecular formula is C24H21FN4O. The van der Waals surface area contributed by atoms with Crippen molar-refractivity contribution in [3.63, 3.8) is 0 Å². The lowest BCUT2D eigenvalue weighted by atomic mass is 10.1. The van der Waals surface area contributed by atoms with E-state index in [-0.39, 0.29) is 18.3 Å². The van der Waals surface area contributed by atoms with Crippen LogP contribution in [0.4, 0.5) is 15.8 Å². The number of benzene rings is 3. The Bertz CT molecular complexity index is 1210. The molecule has 1 heterocycles. The fraction of sp³-hybridized carbons (Fsp3) is 0.0833. The summed E-state index contributed by atoms with van der Waals surface area (Å²) in [6, 6.07) is 21.4. The minimum absolute atomic E-state index is 0.235.